The minimum Gasteiger partial charge on any atom is -0.483 e. The molecule has 1 aliphatic rings. The number of ether oxygens (including phenoxy) is 1. The number of fused-ring (bicyclic) bond motifs is 1. The Morgan fingerprint density at radius 3 is 2.96 bits per heavy atom. The number of hydrogen-bond acceptors (Lipinski definition) is 4. The predicted molar refractivity (Wildman–Crippen MR) is 108 cm³/mol. The molecule has 1 aromatic heterocycles. The number of aryl methyl sites for hydroxylation is 1. The smallest absolute Gasteiger partial charge is 0.277 e. The molecule has 3 rings (SSSR count). The molecule has 1 amide bonds. The van der Waals surface area contributed by atoms with Crippen LogP contribution in [-0.2, 0) is 11.5 Å². The molecule has 142 valence electrons. The van der Waals surface area contributed by atoms with Crippen molar-refractivity contribution in [1.82, 2.24) is 14.9 Å². The number of carbonyl (C=O) groups is 1. The van der Waals surface area contributed by atoms with E-state index >= 15 is 0 Å². The fraction of sp³-hybridized carbons (Fsp3) is 0.333. The zero-order chi connectivity index (χ0) is 19.2. The Morgan fingerprint density at radius 1 is 1.37 bits per heavy atom. The molecule has 0 saturated heterocycles. The first-order chi connectivity index (χ1) is 13.0. The van der Waals surface area contributed by atoms with E-state index in [4.69, 9.17) is 4.74 Å². The van der Waals surface area contributed by atoms with Gasteiger partial charge in [0, 0.05) is 23.7 Å². The number of benzene rings is 1. The lowest BCUT2D eigenvalue weighted by atomic mass is 10.0. The zero-order valence-electron chi connectivity index (χ0n) is 16.1. The number of carbonyl (C=O) groups excluding carboxylic acids is 1. The molecule has 0 aliphatic heterocycles. The van der Waals surface area contributed by atoms with E-state index in [1.54, 1.807) is 6.21 Å². The van der Waals surface area contributed by atoms with Gasteiger partial charge in [-0.15, -0.1) is 0 Å². The monoisotopic (exact) mass is 366 g/mol. The molecule has 1 aromatic carbocycles. The van der Waals surface area contributed by atoms with Crippen LogP contribution in [0.25, 0.3) is 12.2 Å². The molecule has 0 bridgehead atoms. The summed E-state index contributed by atoms with van der Waals surface area (Å²) in [5, 5.41) is 6.53. The fourth-order valence-corrected chi connectivity index (χ4v) is 3.06. The van der Waals surface area contributed by atoms with Gasteiger partial charge in [-0.3, -0.25) is 9.69 Å². The SMILES string of the molecule is Cc1ccccc1OCC(=O)N/N=C/C1C=c2ccn(CN(C)C)c2=CC1. The van der Waals surface area contributed by atoms with Crippen molar-refractivity contribution in [3.63, 3.8) is 0 Å². The van der Waals surface area contributed by atoms with Crippen LogP contribution < -0.4 is 20.7 Å². The van der Waals surface area contributed by atoms with Crippen LogP contribution in [0.3, 0.4) is 0 Å². The Hall–Kier alpha value is -2.86. The molecular formula is C21H26N4O2. The summed E-state index contributed by atoms with van der Waals surface area (Å²) in [7, 11) is 4.11. The second-order valence-electron chi connectivity index (χ2n) is 6.98. The highest BCUT2D eigenvalue weighted by Crippen LogP contribution is 2.15. The number of aromatic nitrogens is 1. The number of hydrogen-bond donors (Lipinski definition) is 1. The molecule has 0 fully saturated rings. The number of para-hydroxylation sites is 1. The van der Waals surface area contributed by atoms with E-state index in [-0.39, 0.29) is 18.4 Å². The average Bonchev–Trinajstić information content (AvgIpc) is 3.02. The average molecular weight is 366 g/mol. The third-order valence-corrected chi connectivity index (χ3v) is 4.36. The standard InChI is InChI=1S/C21H26N4O2/c1-16-6-4-5-7-20(16)27-14-21(26)23-22-13-17-8-9-19-18(12-17)10-11-25(19)15-24(2)3/h4-7,9-13,17H,8,14-15H2,1-3H3,(H,23,26)/b22-13+. The van der Waals surface area contributed by atoms with Crippen LogP contribution >= 0.6 is 0 Å². The summed E-state index contributed by atoms with van der Waals surface area (Å²) in [4.78, 5) is 14.0. The van der Waals surface area contributed by atoms with Crippen molar-refractivity contribution in [3.8, 4) is 5.75 Å². The Kier molecular flexibility index (Phi) is 6.08. The van der Waals surface area contributed by atoms with Crippen LogP contribution in [0, 0.1) is 12.8 Å². The quantitative estimate of drug-likeness (QED) is 0.589. The van der Waals surface area contributed by atoms with Crippen LogP contribution in [0.4, 0.5) is 0 Å². The lowest BCUT2D eigenvalue weighted by molar-refractivity contribution is -0.123. The van der Waals surface area contributed by atoms with Gasteiger partial charge in [-0.25, -0.2) is 5.43 Å². The van der Waals surface area contributed by atoms with Gasteiger partial charge in [0.15, 0.2) is 6.61 Å². The van der Waals surface area contributed by atoms with Crippen molar-refractivity contribution < 1.29 is 9.53 Å². The van der Waals surface area contributed by atoms with Gasteiger partial charge >= 0.3 is 0 Å². The van der Waals surface area contributed by atoms with E-state index < -0.39 is 0 Å². The van der Waals surface area contributed by atoms with E-state index in [9.17, 15) is 4.79 Å². The highest BCUT2D eigenvalue weighted by atomic mass is 16.5. The van der Waals surface area contributed by atoms with Crippen LogP contribution in [-0.4, -0.2) is 42.3 Å². The molecular weight excluding hydrogens is 340 g/mol. The number of amides is 1. The highest BCUT2D eigenvalue weighted by molar-refractivity contribution is 5.79. The van der Waals surface area contributed by atoms with E-state index in [0.717, 1.165) is 18.7 Å². The van der Waals surface area contributed by atoms with Crippen molar-refractivity contribution in [1.29, 1.82) is 0 Å². The van der Waals surface area contributed by atoms with Gasteiger partial charge in [-0.05, 0) is 50.4 Å². The third kappa shape index (κ3) is 5.08. The first kappa shape index (κ1) is 18.9. The normalized spacial score (nSPS) is 15.9. The van der Waals surface area contributed by atoms with Gasteiger partial charge in [0.2, 0.25) is 0 Å². The Morgan fingerprint density at radius 2 is 2.19 bits per heavy atom. The number of rotatable bonds is 7. The Labute approximate surface area is 159 Å². The topological polar surface area (TPSA) is 58.9 Å². The van der Waals surface area contributed by atoms with Crippen molar-refractivity contribution in [2.24, 2.45) is 11.0 Å². The lowest BCUT2D eigenvalue weighted by Gasteiger charge is -2.13. The summed E-state index contributed by atoms with van der Waals surface area (Å²) in [6, 6.07) is 9.72. The van der Waals surface area contributed by atoms with Crippen molar-refractivity contribution in [3.05, 3.63) is 52.7 Å². The molecule has 1 N–H and O–H groups in total. The summed E-state index contributed by atoms with van der Waals surface area (Å²) in [5.74, 6) is 0.610. The fourth-order valence-electron chi connectivity index (χ4n) is 3.06. The molecule has 1 atom stereocenters. The molecule has 6 heteroatoms. The summed E-state index contributed by atoms with van der Waals surface area (Å²) in [6.45, 7) is 2.75. The van der Waals surface area contributed by atoms with Gasteiger partial charge in [0.1, 0.15) is 5.75 Å². The van der Waals surface area contributed by atoms with Crippen LogP contribution in [0.2, 0.25) is 0 Å². The molecule has 27 heavy (non-hydrogen) atoms. The maximum atomic E-state index is 11.9. The second-order valence-corrected chi connectivity index (χ2v) is 6.98. The Balaban J connectivity index is 1.52. The highest BCUT2D eigenvalue weighted by Gasteiger charge is 2.09. The summed E-state index contributed by atoms with van der Waals surface area (Å²) in [6.07, 6.45) is 9.14. The van der Waals surface area contributed by atoms with Crippen molar-refractivity contribution >= 4 is 24.3 Å². The van der Waals surface area contributed by atoms with Gasteiger partial charge < -0.3 is 9.30 Å². The molecule has 1 aliphatic carbocycles. The molecule has 6 nitrogen and oxygen atoms in total. The van der Waals surface area contributed by atoms with E-state index in [1.807, 2.05) is 31.2 Å². The predicted octanol–water partition coefficient (Wildman–Crippen LogP) is 1.08. The molecule has 0 saturated carbocycles. The van der Waals surface area contributed by atoms with Crippen LogP contribution in [0.5, 0.6) is 5.75 Å². The molecule has 0 spiro atoms. The number of nitrogens with zero attached hydrogens (tertiary/aromatic N) is 3. The van der Waals surface area contributed by atoms with Crippen LogP contribution in [0.15, 0.2) is 41.6 Å². The van der Waals surface area contributed by atoms with Gasteiger partial charge in [0.25, 0.3) is 5.91 Å². The van der Waals surface area contributed by atoms with Gasteiger partial charge in [-0.1, -0.05) is 30.4 Å². The van der Waals surface area contributed by atoms with Gasteiger partial charge in [0.05, 0.1) is 6.67 Å². The lowest BCUT2D eigenvalue weighted by Crippen LogP contribution is -2.35. The molecule has 2 aromatic rings. The van der Waals surface area contributed by atoms with E-state index in [0.29, 0.717) is 5.75 Å². The molecule has 1 heterocycles. The first-order valence-electron chi connectivity index (χ1n) is 9.05. The summed E-state index contributed by atoms with van der Waals surface area (Å²) in [5.41, 5.74) is 3.53. The second kappa shape index (κ2) is 8.68. The summed E-state index contributed by atoms with van der Waals surface area (Å²) < 4.78 is 7.74. The summed E-state index contributed by atoms with van der Waals surface area (Å²) >= 11 is 0. The minimum absolute atomic E-state index is 0.0553. The first-order valence-corrected chi connectivity index (χ1v) is 9.05. The van der Waals surface area contributed by atoms with Crippen molar-refractivity contribution in [2.45, 2.75) is 20.0 Å². The number of nitrogens with one attached hydrogen (secondary N) is 1. The molecule has 1 unspecified atom stereocenters. The minimum atomic E-state index is -0.271. The van der Waals surface area contributed by atoms with Crippen LogP contribution in [0.1, 0.15) is 12.0 Å². The van der Waals surface area contributed by atoms with Gasteiger partial charge in [-0.2, -0.15) is 5.10 Å². The van der Waals surface area contributed by atoms with E-state index in [2.05, 4.69) is 58.5 Å². The number of hydrazone groups is 1. The van der Waals surface area contributed by atoms with Crippen molar-refractivity contribution in [2.75, 3.05) is 20.7 Å². The molecule has 0 radical (unpaired) electrons. The third-order valence-electron chi connectivity index (χ3n) is 4.36. The largest absolute Gasteiger partial charge is 0.483 e. The maximum Gasteiger partial charge on any atom is 0.277 e. The maximum absolute atomic E-state index is 11.9. The zero-order valence-corrected chi connectivity index (χ0v) is 16.1. The Bertz CT molecular complexity index is 943. The van der Waals surface area contributed by atoms with E-state index in [1.165, 1.54) is 10.6 Å².